The van der Waals surface area contributed by atoms with Gasteiger partial charge in [-0.05, 0) is 38.0 Å². The normalized spacial score (nSPS) is 11.4. The number of nitrogens with zero attached hydrogens (tertiary/aromatic N) is 3. The molecule has 0 aliphatic rings. The first kappa shape index (κ1) is 20.1. The highest BCUT2D eigenvalue weighted by Gasteiger charge is 2.18. The molecule has 1 amide bonds. The Hall–Kier alpha value is -1.24. The number of hydrogen-bond donors (Lipinski definition) is 1. The summed E-state index contributed by atoms with van der Waals surface area (Å²) in [6.07, 6.45) is 0. The number of aromatic nitrogens is 3. The van der Waals surface area contributed by atoms with Crippen molar-refractivity contribution >= 4 is 40.9 Å². The second kappa shape index (κ2) is 8.92. The Balaban J connectivity index is 2.29. The molecule has 0 aliphatic heterocycles. The number of carbonyl (C=O) groups is 1. The van der Waals surface area contributed by atoms with Gasteiger partial charge in [-0.15, -0.1) is 10.2 Å². The zero-order valence-electron chi connectivity index (χ0n) is 14.7. The van der Waals surface area contributed by atoms with Gasteiger partial charge in [0.05, 0.1) is 10.8 Å². The van der Waals surface area contributed by atoms with Crippen molar-refractivity contribution < 1.29 is 4.79 Å². The van der Waals surface area contributed by atoms with Gasteiger partial charge in [0.25, 0.3) is 0 Å². The number of benzene rings is 1. The van der Waals surface area contributed by atoms with E-state index in [0.29, 0.717) is 32.7 Å². The molecule has 0 spiro atoms. The predicted molar refractivity (Wildman–Crippen MR) is 104 cm³/mol. The highest BCUT2D eigenvalue weighted by molar-refractivity contribution is 7.99. The van der Waals surface area contributed by atoms with E-state index in [2.05, 4.69) is 29.4 Å². The molecule has 136 valence electrons. The lowest BCUT2D eigenvalue weighted by atomic mass is 10.2. The summed E-state index contributed by atoms with van der Waals surface area (Å²) in [5, 5.41) is 13.2. The third-order valence-electron chi connectivity index (χ3n) is 3.22. The maximum absolute atomic E-state index is 11.9. The Morgan fingerprint density at radius 1 is 1.24 bits per heavy atom. The van der Waals surface area contributed by atoms with E-state index in [9.17, 15) is 4.79 Å². The van der Waals surface area contributed by atoms with E-state index in [1.54, 1.807) is 12.1 Å². The van der Waals surface area contributed by atoms with Crippen LogP contribution >= 0.6 is 35.0 Å². The highest BCUT2D eigenvalue weighted by Crippen LogP contribution is 2.31. The largest absolute Gasteiger partial charge is 0.353 e. The topological polar surface area (TPSA) is 59.8 Å². The van der Waals surface area contributed by atoms with Gasteiger partial charge in [-0.25, -0.2) is 0 Å². The van der Waals surface area contributed by atoms with Crippen molar-refractivity contribution in [3.8, 4) is 11.4 Å². The molecule has 0 fully saturated rings. The van der Waals surface area contributed by atoms with Gasteiger partial charge in [-0.1, -0.05) is 48.8 Å². The molecular weight excluding hydrogens is 379 g/mol. The summed E-state index contributed by atoms with van der Waals surface area (Å²) in [4.78, 5) is 11.9. The molecule has 0 atom stereocenters. The fraction of sp³-hybridized carbons (Fsp3) is 0.471. The van der Waals surface area contributed by atoms with Crippen LogP contribution in [0.1, 0.15) is 27.7 Å². The second-order valence-corrected chi connectivity index (χ2v) is 8.23. The Morgan fingerprint density at radius 3 is 2.56 bits per heavy atom. The summed E-state index contributed by atoms with van der Waals surface area (Å²) < 4.78 is 2.01. The number of rotatable bonds is 7. The predicted octanol–water partition coefficient (Wildman–Crippen LogP) is 4.52. The van der Waals surface area contributed by atoms with E-state index in [4.69, 9.17) is 23.2 Å². The molecule has 1 N–H and O–H groups in total. The molecule has 0 saturated heterocycles. The SMILES string of the molecule is CC(C)Cn1c(SCC(=O)NC(C)C)nnc1-c1ccc(Cl)cc1Cl. The molecule has 0 saturated carbocycles. The summed E-state index contributed by atoms with van der Waals surface area (Å²) in [5.41, 5.74) is 0.776. The third-order valence-corrected chi connectivity index (χ3v) is 4.73. The maximum atomic E-state index is 11.9. The molecule has 2 aromatic rings. The molecule has 2 rings (SSSR count). The first-order valence-corrected chi connectivity index (χ1v) is 9.82. The summed E-state index contributed by atoms with van der Waals surface area (Å²) in [6, 6.07) is 5.42. The van der Waals surface area contributed by atoms with E-state index in [-0.39, 0.29) is 11.9 Å². The second-order valence-electron chi connectivity index (χ2n) is 6.45. The standard InChI is InChI=1S/C17H22Cl2N4OS/c1-10(2)8-23-16(13-6-5-12(18)7-14(13)19)21-22-17(23)25-9-15(24)20-11(3)4/h5-7,10-11H,8-9H2,1-4H3,(H,20,24). The monoisotopic (exact) mass is 400 g/mol. The summed E-state index contributed by atoms with van der Waals surface area (Å²) in [5.74, 6) is 1.35. The van der Waals surface area contributed by atoms with E-state index in [0.717, 1.165) is 12.1 Å². The van der Waals surface area contributed by atoms with Crippen LogP contribution in [0.25, 0.3) is 11.4 Å². The number of thioether (sulfide) groups is 1. The van der Waals surface area contributed by atoms with Crippen LogP contribution in [0.15, 0.2) is 23.4 Å². The van der Waals surface area contributed by atoms with Crippen molar-refractivity contribution in [1.82, 2.24) is 20.1 Å². The van der Waals surface area contributed by atoms with Crippen LogP contribution in [0.2, 0.25) is 10.0 Å². The fourth-order valence-electron chi connectivity index (χ4n) is 2.29. The minimum absolute atomic E-state index is 0.0230. The lowest BCUT2D eigenvalue weighted by Gasteiger charge is -2.13. The average Bonchev–Trinajstić information content (AvgIpc) is 2.86. The van der Waals surface area contributed by atoms with E-state index < -0.39 is 0 Å². The Morgan fingerprint density at radius 2 is 1.96 bits per heavy atom. The molecule has 0 unspecified atom stereocenters. The van der Waals surface area contributed by atoms with Crippen LogP contribution in [-0.4, -0.2) is 32.5 Å². The van der Waals surface area contributed by atoms with E-state index >= 15 is 0 Å². The molecule has 1 aromatic carbocycles. The summed E-state index contributed by atoms with van der Waals surface area (Å²) in [6.45, 7) is 8.84. The molecule has 1 aromatic heterocycles. The number of nitrogens with one attached hydrogen (secondary N) is 1. The average molecular weight is 401 g/mol. The first-order chi connectivity index (χ1) is 11.8. The minimum Gasteiger partial charge on any atom is -0.353 e. The van der Waals surface area contributed by atoms with Gasteiger partial charge >= 0.3 is 0 Å². The molecule has 5 nitrogen and oxygen atoms in total. The van der Waals surface area contributed by atoms with E-state index in [1.165, 1.54) is 11.8 Å². The van der Waals surface area contributed by atoms with Gasteiger partial charge in [0.2, 0.25) is 5.91 Å². The van der Waals surface area contributed by atoms with Crippen molar-refractivity contribution in [2.75, 3.05) is 5.75 Å². The van der Waals surface area contributed by atoms with E-state index in [1.807, 2.05) is 24.5 Å². The number of amides is 1. The lowest BCUT2D eigenvalue weighted by Crippen LogP contribution is -2.31. The van der Waals surface area contributed by atoms with Crippen molar-refractivity contribution in [2.45, 2.75) is 45.4 Å². The fourth-order valence-corrected chi connectivity index (χ4v) is 3.54. The van der Waals surface area contributed by atoms with Crippen LogP contribution in [0, 0.1) is 5.92 Å². The summed E-state index contributed by atoms with van der Waals surface area (Å²) >= 11 is 13.7. The lowest BCUT2D eigenvalue weighted by molar-refractivity contribution is -0.119. The maximum Gasteiger partial charge on any atom is 0.230 e. The molecule has 1 heterocycles. The molecule has 0 bridgehead atoms. The van der Waals surface area contributed by atoms with Gasteiger partial charge in [0, 0.05) is 23.2 Å². The molecule has 8 heteroatoms. The number of halogens is 2. The van der Waals surface area contributed by atoms with Gasteiger partial charge in [0.1, 0.15) is 0 Å². The van der Waals surface area contributed by atoms with Crippen LogP contribution in [-0.2, 0) is 11.3 Å². The van der Waals surface area contributed by atoms with Crippen molar-refractivity contribution in [3.63, 3.8) is 0 Å². The van der Waals surface area contributed by atoms with Crippen LogP contribution in [0.3, 0.4) is 0 Å². The van der Waals surface area contributed by atoms with Crippen LogP contribution in [0.5, 0.6) is 0 Å². The van der Waals surface area contributed by atoms with Crippen molar-refractivity contribution in [3.05, 3.63) is 28.2 Å². The zero-order valence-corrected chi connectivity index (χ0v) is 17.0. The Kier molecular flexibility index (Phi) is 7.16. The number of hydrogen-bond acceptors (Lipinski definition) is 4. The Labute approximate surface area is 162 Å². The van der Waals surface area contributed by atoms with Gasteiger partial charge < -0.3 is 9.88 Å². The molecule has 0 radical (unpaired) electrons. The van der Waals surface area contributed by atoms with Crippen molar-refractivity contribution in [1.29, 1.82) is 0 Å². The molecule has 0 aliphatic carbocycles. The quantitative estimate of drug-likeness (QED) is 0.693. The minimum atomic E-state index is -0.0230. The zero-order chi connectivity index (χ0) is 18.6. The van der Waals surface area contributed by atoms with Crippen LogP contribution < -0.4 is 5.32 Å². The van der Waals surface area contributed by atoms with Gasteiger partial charge in [0.15, 0.2) is 11.0 Å². The van der Waals surface area contributed by atoms with Crippen LogP contribution in [0.4, 0.5) is 0 Å². The summed E-state index contributed by atoms with van der Waals surface area (Å²) in [7, 11) is 0. The Bertz CT molecular complexity index is 746. The van der Waals surface area contributed by atoms with Gasteiger partial charge in [-0.3, -0.25) is 4.79 Å². The highest BCUT2D eigenvalue weighted by atomic mass is 35.5. The number of carbonyl (C=O) groups excluding carboxylic acids is 1. The first-order valence-electron chi connectivity index (χ1n) is 8.08. The smallest absolute Gasteiger partial charge is 0.230 e. The van der Waals surface area contributed by atoms with Crippen molar-refractivity contribution in [2.24, 2.45) is 5.92 Å². The molecule has 25 heavy (non-hydrogen) atoms. The van der Waals surface area contributed by atoms with Gasteiger partial charge in [-0.2, -0.15) is 0 Å². The third kappa shape index (κ3) is 5.62. The molecular formula is C17H22Cl2N4OS.